The lowest BCUT2D eigenvalue weighted by Crippen LogP contribution is -2.29. The van der Waals surface area contributed by atoms with Crippen molar-refractivity contribution in [2.75, 3.05) is 13.2 Å². The first-order valence-electron chi connectivity index (χ1n) is 7.81. The lowest BCUT2D eigenvalue weighted by molar-refractivity contribution is -0.126. The van der Waals surface area contributed by atoms with E-state index in [2.05, 4.69) is 5.32 Å². The first-order valence-corrected chi connectivity index (χ1v) is 7.81. The van der Waals surface area contributed by atoms with Crippen LogP contribution in [0.2, 0.25) is 0 Å². The summed E-state index contributed by atoms with van der Waals surface area (Å²) in [5, 5.41) is 2.75. The van der Waals surface area contributed by atoms with Gasteiger partial charge in [-0.15, -0.1) is 0 Å². The maximum absolute atomic E-state index is 11.7. The van der Waals surface area contributed by atoms with E-state index in [0.717, 1.165) is 6.29 Å². The lowest BCUT2D eigenvalue weighted by Gasteiger charge is -2.16. The van der Waals surface area contributed by atoms with Gasteiger partial charge in [0.2, 0.25) is 5.91 Å². The van der Waals surface area contributed by atoms with E-state index in [0.29, 0.717) is 43.7 Å². The summed E-state index contributed by atoms with van der Waals surface area (Å²) in [6, 6.07) is 6.81. The molecule has 0 fully saturated rings. The van der Waals surface area contributed by atoms with E-state index in [-0.39, 0.29) is 17.1 Å². The fraction of sp³-hybridized carbons (Fsp3) is 0.500. The highest BCUT2D eigenvalue weighted by Crippen LogP contribution is 2.16. The van der Waals surface area contributed by atoms with E-state index < -0.39 is 0 Å². The van der Waals surface area contributed by atoms with Crippen molar-refractivity contribution < 1.29 is 19.1 Å². The van der Waals surface area contributed by atoms with Gasteiger partial charge in [-0.1, -0.05) is 20.8 Å². The van der Waals surface area contributed by atoms with Crippen molar-refractivity contribution in [1.29, 1.82) is 0 Å². The minimum atomic E-state index is -0.363. The molecule has 1 aromatic rings. The van der Waals surface area contributed by atoms with Crippen LogP contribution in [0.5, 0.6) is 5.75 Å². The Kier molecular flexibility index (Phi) is 7.45. The molecule has 0 heterocycles. The highest BCUT2D eigenvalue weighted by Gasteiger charge is 2.20. The van der Waals surface area contributed by atoms with Crippen LogP contribution in [0.1, 0.15) is 50.4 Å². The second-order valence-corrected chi connectivity index (χ2v) is 6.41. The number of ketones is 1. The first-order chi connectivity index (χ1) is 10.8. The second kappa shape index (κ2) is 9.08. The molecule has 23 heavy (non-hydrogen) atoms. The number of carbonyl (C=O) groups excluding carboxylic acids is 3. The Morgan fingerprint density at radius 2 is 1.78 bits per heavy atom. The van der Waals surface area contributed by atoms with Gasteiger partial charge in [0.15, 0.2) is 0 Å². The van der Waals surface area contributed by atoms with Crippen LogP contribution in [0.4, 0.5) is 0 Å². The molecule has 0 saturated carbocycles. The molecule has 1 aromatic carbocycles. The molecule has 0 aliphatic rings. The molecular formula is C18H25NO4. The van der Waals surface area contributed by atoms with Crippen molar-refractivity contribution in [3.63, 3.8) is 0 Å². The number of aldehydes is 1. The maximum atomic E-state index is 11.7. The van der Waals surface area contributed by atoms with Crippen LogP contribution < -0.4 is 10.1 Å². The van der Waals surface area contributed by atoms with Crippen LogP contribution in [0.25, 0.3) is 0 Å². The SMILES string of the molecule is CC(C)(C)C(=O)CCNC(=O)CCCOc1ccc(C=O)cc1. The summed E-state index contributed by atoms with van der Waals surface area (Å²) in [5.74, 6) is 0.735. The van der Waals surface area contributed by atoms with E-state index in [4.69, 9.17) is 4.74 Å². The minimum absolute atomic E-state index is 0.0772. The van der Waals surface area contributed by atoms with E-state index in [9.17, 15) is 14.4 Å². The number of rotatable bonds is 9. The predicted molar refractivity (Wildman–Crippen MR) is 88.6 cm³/mol. The monoisotopic (exact) mass is 319 g/mol. The smallest absolute Gasteiger partial charge is 0.220 e. The third-order valence-corrected chi connectivity index (χ3v) is 3.34. The number of hydrogen-bond acceptors (Lipinski definition) is 4. The quantitative estimate of drug-likeness (QED) is 0.561. The highest BCUT2D eigenvalue weighted by atomic mass is 16.5. The van der Waals surface area contributed by atoms with Gasteiger partial charge in [-0.25, -0.2) is 0 Å². The van der Waals surface area contributed by atoms with Gasteiger partial charge in [-0.3, -0.25) is 14.4 Å². The van der Waals surface area contributed by atoms with Gasteiger partial charge in [-0.2, -0.15) is 0 Å². The molecule has 0 radical (unpaired) electrons. The zero-order chi connectivity index (χ0) is 17.3. The first kappa shape index (κ1) is 18.9. The molecule has 0 saturated heterocycles. The van der Waals surface area contributed by atoms with Gasteiger partial charge in [0.1, 0.15) is 17.8 Å². The van der Waals surface area contributed by atoms with Crippen LogP contribution in [0, 0.1) is 5.41 Å². The second-order valence-electron chi connectivity index (χ2n) is 6.41. The molecule has 0 aromatic heterocycles. The topological polar surface area (TPSA) is 72.5 Å². The molecule has 0 spiro atoms. The van der Waals surface area contributed by atoms with E-state index >= 15 is 0 Å². The van der Waals surface area contributed by atoms with Crippen molar-refractivity contribution in [3.8, 4) is 5.75 Å². The summed E-state index contributed by atoms with van der Waals surface area (Å²) < 4.78 is 5.49. The van der Waals surface area contributed by atoms with Gasteiger partial charge in [0.05, 0.1) is 6.61 Å². The Morgan fingerprint density at radius 3 is 2.35 bits per heavy atom. The number of hydrogen-bond donors (Lipinski definition) is 1. The van der Waals surface area contributed by atoms with Crippen LogP contribution in [-0.4, -0.2) is 31.1 Å². The highest BCUT2D eigenvalue weighted by molar-refractivity contribution is 5.84. The van der Waals surface area contributed by atoms with Crippen molar-refractivity contribution in [2.24, 2.45) is 5.41 Å². The van der Waals surface area contributed by atoms with E-state index in [1.807, 2.05) is 20.8 Å². The molecule has 5 nitrogen and oxygen atoms in total. The zero-order valence-electron chi connectivity index (χ0n) is 14.1. The predicted octanol–water partition coefficient (Wildman–Crippen LogP) is 2.78. The fourth-order valence-electron chi connectivity index (χ4n) is 1.84. The molecule has 5 heteroatoms. The van der Waals surface area contributed by atoms with Crippen LogP contribution in [0.15, 0.2) is 24.3 Å². The molecule has 1 amide bonds. The summed E-state index contributed by atoms with van der Waals surface area (Å²) in [7, 11) is 0. The van der Waals surface area contributed by atoms with Gasteiger partial charge >= 0.3 is 0 Å². The lowest BCUT2D eigenvalue weighted by atomic mass is 9.89. The molecule has 1 rings (SSSR count). The molecule has 126 valence electrons. The van der Waals surface area contributed by atoms with Crippen LogP contribution in [0.3, 0.4) is 0 Å². The molecule has 1 N–H and O–H groups in total. The molecule has 0 bridgehead atoms. The van der Waals surface area contributed by atoms with E-state index in [1.165, 1.54) is 0 Å². The Hall–Kier alpha value is -2.17. The number of amides is 1. The fourth-order valence-corrected chi connectivity index (χ4v) is 1.84. The van der Waals surface area contributed by atoms with Crippen LogP contribution >= 0.6 is 0 Å². The minimum Gasteiger partial charge on any atom is -0.494 e. The Bertz CT molecular complexity index is 529. The molecule has 0 aliphatic carbocycles. The molecular weight excluding hydrogens is 294 g/mol. The largest absolute Gasteiger partial charge is 0.494 e. The summed E-state index contributed by atoms with van der Waals surface area (Å²) >= 11 is 0. The van der Waals surface area contributed by atoms with Gasteiger partial charge in [0, 0.05) is 30.4 Å². The average molecular weight is 319 g/mol. The standard InChI is InChI=1S/C18H25NO4/c1-18(2,3)16(21)10-11-19-17(22)5-4-12-23-15-8-6-14(13-20)7-9-15/h6-9,13H,4-5,10-12H2,1-3H3,(H,19,22). The van der Waals surface area contributed by atoms with Crippen molar-refractivity contribution in [3.05, 3.63) is 29.8 Å². The summed E-state index contributed by atoms with van der Waals surface area (Å²) in [4.78, 5) is 33.9. The zero-order valence-corrected chi connectivity index (χ0v) is 14.1. The summed E-state index contributed by atoms with van der Waals surface area (Å²) in [6.45, 7) is 6.42. The summed E-state index contributed by atoms with van der Waals surface area (Å²) in [6.07, 6.45) is 2.08. The summed E-state index contributed by atoms with van der Waals surface area (Å²) in [5.41, 5.74) is 0.236. The number of nitrogens with one attached hydrogen (secondary N) is 1. The van der Waals surface area contributed by atoms with Crippen molar-refractivity contribution in [1.82, 2.24) is 5.32 Å². The van der Waals surface area contributed by atoms with E-state index in [1.54, 1.807) is 24.3 Å². The number of Topliss-reactive ketones (excluding diaryl/α,β-unsaturated/α-hetero) is 1. The third kappa shape index (κ3) is 7.58. The average Bonchev–Trinajstić information content (AvgIpc) is 2.51. The van der Waals surface area contributed by atoms with Gasteiger partial charge in [0.25, 0.3) is 0 Å². The van der Waals surface area contributed by atoms with Gasteiger partial charge < -0.3 is 10.1 Å². The van der Waals surface area contributed by atoms with Crippen molar-refractivity contribution >= 4 is 18.0 Å². The maximum Gasteiger partial charge on any atom is 0.220 e. The third-order valence-electron chi connectivity index (χ3n) is 3.34. The Balaban J connectivity index is 2.14. The number of carbonyl (C=O) groups is 3. The molecule has 0 unspecified atom stereocenters. The molecule has 0 aliphatic heterocycles. The number of ether oxygens (including phenoxy) is 1. The van der Waals surface area contributed by atoms with Crippen LogP contribution in [-0.2, 0) is 9.59 Å². The Labute approximate surface area is 137 Å². The molecule has 0 atom stereocenters. The Morgan fingerprint density at radius 1 is 1.13 bits per heavy atom. The number of benzene rings is 1. The van der Waals surface area contributed by atoms with Crippen molar-refractivity contribution in [2.45, 2.75) is 40.0 Å². The normalized spacial score (nSPS) is 10.9. The van der Waals surface area contributed by atoms with Gasteiger partial charge in [-0.05, 0) is 30.7 Å².